The van der Waals surface area contributed by atoms with Crippen molar-refractivity contribution in [2.45, 2.75) is 19.4 Å². The molecule has 0 aliphatic rings. The van der Waals surface area contributed by atoms with Crippen LogP contribution in [0.4, 0.5) is 10.1 Å². The van der Waals surface area contributed by atoms with Crippen molar-refractivity contribution < 1.29 is 13.9 Å². The molecule has 5 heteroatoms. The maximum absolute atomic E-state index is 13.4. The lowest BCUT2D eigenvalue weighted by Crippen LogP contribution is -2.47. The Kier molecular flexibility index (Phi) is 4.07. The monoisotopic (exact) mass is 240 g/mol. The molecule has 1 amide bonds. The Morgan fingerprint density at radius 1 is 1.41 bits per heavy atom. The van der Waals surface area contributed by atoms with Crippen molar-refractivity contribution >= 4 is 11.6 Å². The molecule has 0 radical (unpaired) electrons. The van der Waals surface area contributed by atoms with Gasteiger partial charge in [-0.2, -0.15) is 0 Å². The minimum absolute atomic E-state index is 0.149. The first kappa shape index (κ1) is 13.4. The zero-order valence-electron chi connectivity index (χ0n) is 10.4. The number of nitrogens with one attached hydrogen (secondary N) is 2. The predicted octanol–water partition coefficient (Wildman–Crippen LogP) is 1.77. The molecule has 0 atom stereocenters. The quantitative estimate of drug-likeness (QED) is 0.843. The third kappa shape index (κ3) is 3.17. The van der Waals surface area contributed by atoms with Crippen molar-refractivity contribution in [1.82, 2.24) is 5.32 Å². The van der Waals surface area contributed by atoms with E-state index in [1.54, 1.807) is 27.0 Å². The number of ether oxygens (including phenoxy) is 1. The van der Waals surface area contributed by atoms with Crippen LogP contribution in [-0.4, -0.2) is 25.6 Å². The topological polar surface area (TPSA) is 50.4 Å². The molecular weight excluding hydrogens is 223 g/mol. The van der Waals surface area contributed by atoms with E-state index in [0.29, 0.717) is 5.69 Å². The third-order valence-corrected chi connectivity index (χ3v) is 2.60. The second-order valence-corrected chi connectivity index (χ2v) is 4.18. The van der Waals surface area contributed by atoms with Gasteiger partial charge in [0.05, 0.1) is 12.6 Å². The highest BCUT2D eigenvalue weighted by Gasteiger charge is 2.25. The van der Waals surface area contributed by atoms with Gasteiger partial charge in [0, 0.05) is 11.8 Å². The van der Waals surface area contributed by atoms with E-state index in [-0.39, 0.29) is 11.7 Å². The van der Waals surface area contributed by atoms with Crippen molar-refractivity contribution in [3.8, 4) is 5.75 Å². The Bertz CT molecular complexity index is 419. The Morgan fingerprint density at radius 2 is 2.06 bits per heavy atom. The largest absolute Gasteiger partial charge is 0.494 e. The number of carbonyl (C=O) groups is 1. The van der Waals surface area contributed by atoms with E-state index >= 15 is 0 Å². The van der Waals surface area contributed by atoms with E-state index in [2.05, 4.69) is 10.6 Å². The molecule has 0 bridgehead atoms. The summed E-state index contributed by atoms with van der Waals surface area (Å²) in [6, 6.07) is 4.28. The SMILES string of the molecule is CNC(C)(C)C(=O)Nc1ccc(OC)c(F)c1. The van der Waals surface area contributed by atoms with Gasteiger partial charge in [0.2, 0.25) is 5.91 Å². The molecule has 0 saturated carbocycles. The Balaban J connectivity index is 2.83. The van der Waals surface area contributed by atoms with Gasteiger partial charge in [-0.15, -0.1) is 0 Å². The van der Waals surface area contributed by atoms with Crippen LogP contribution in [0.25, 0.3) is 0 Å². The van der Waals surface area contributed by atoms with Crippen LogP contribution in [0.5, 0.6) is 5.75 Å². The number of carbonyl (C=O) groups excluding carboxylic acids is 1. The normalized spacial score (nSPS) is 11.1. The highest BCUT2D eigenvalue weighted by atomic mass is 19.1. The summed E-state index contributed by atoms with van der Waals surface area (Å²) in [5.74, 6) is -0.590. The fraction of sp³-hybridized carbons (Fsp3) is 0.417. The minimum Gasteiger partial charge on any atom is -0.494 e. The van der Waals surface area contributed by atoms with E-state index in [1.807, 2.05) is 0 Å². The molecule has 0 spiro atoms. The van der Waals surface area contributed by atoms with Crippen molar-refractivity contribution in [1.29, 1.82) is 0 Å². The van der Waals surface area contributed by atoms with Gasteiger partial charge in [-0.3, -0.25) is 4.79 Å². The molecule has 0 aliphatic heterocycles. The van der Waals surface area contributed by atoms with Crippen LogP contribution >= 0.6 is 0 Å². The molecule has 1 aromatic carbocycles. The van der Waals surface area contributed by atoms with Crippen LogP contribution in [-0.2, 0) is 4.79 Å². The average molecular weight is 240 g/mol. The highest BCUT2D eigenvalue weighted by Crippen LogP contribution is 2.21. The summed E-state index contributed by atoms with van der Waals surface area (Å²) in [7, 11) is 3.08. The van der Waals surface area contributed by atoms with Crippen molar-refractivity contribution in [3.63, 3.8) is 0 Å². The number of amides is 1. The molecule has 17 heavy (non-hydrogen) atoms. The molecule has 0 aromatic heterocycles. The maximum Gasteiger partial charge on any atom is 0.244 e. The first-order chi connectivity index (χ1) is 7.90. The summed E-state index contributed by atoms with van der Waals surface area (Å²) >= 11 is 0. The second-order valence-electron chi connectivity index (χ2n) is 4.18. The van der Waals surface area contributed by atoms with E-state index in [9.17, 15) is 9.18 Å². The number of rotatable bonds is 4. The van der Waals surface area contributed by atoms with Crippen molar-refractivity contribution in [3.05, 3.63) is 24.0 Å². The molecule has 2 N–H and O–H groups in total. The Morgan fingerprint density at radius 3 is 2.53 bits per heavy atom. The van der Waals surface area contributed by atoms with Crippen LogP contribution in [0, 0.1) is 5.82 Å². The van der Waals surface area contributed by atoms with E-state index in [4.69, 9.17) is 4.74 Å². The zero-order valence-corrected chi connectivity index (χ0v) is 10.4. The summed E-state index contributed by atoms with van der Waals surface area (Å²) in [5.41, 5.74) is -0.312. The summed E-state index contributed by atoms with van der Waals surface area (Å²) < 4.78 is 18.2. The molecule has 94 valence electrons. The number of halogens is 1. The molecular formula is C12H17FN2O2. The fourth-order valence-corrected chi connectivity index (χ4v) is 1.15. The second kappa shape index (κ2) is 5.14. The van der Waals surface area contributed by atoms with Crippen LogP contribution < -0.4 is 15.4 Å². The lowest BCUT2D eigenvalue weighted by Gasteiger charge is -2.22. The predicted molar refractivity (Wildman–Crippen MR) is 64.7 cm³/mol. The summed E-state index contributed by atoms with van der Waals surface area (Å²) in [5, 5.41) is 5.50. The van der Waals surface area contributed by atoms with E-state index in [0.717, 1.165) is 0 Å². The van der Waals surface area contributed by atoms with Gasteiger partial charge >= 0.3 is 0 Å². The van der Waals surface area contributed by atoms with Crippen LogP contribution in [0.2, 0.25) is 0 Å². The number of methoxy groups -OCH3 is 1. The van der Waals surface area contributed by atoms with Gasteiger partial charge < -0.3 is 15.4 Å². The molecule has 0 aliphatic carbocycles. The van der Waals surface area contributed by atoms with Gasteiger partial charge in [-0.05, 0) is 33.0 Å². The van der Waals surface area contributed by atoms with Gasteiger partial charge in [0.25, 0.3) is 0 Å². The molecule has 0 saturated heterocycles. The number of benzene rings is 1. The number of hydrogen-bond donors (Lipinski definition) is 2. The molecule has 0 heterocycles. The van der Waals surface area contributed by atoms with E-state index < -0.39 is 11.4 Å². The lowest BCUT2D eigenvalue weighted by molar-refractivity contribution is -0.121. The first-order valence-electron chi connectivity index (χ1n) is 5.24. The number of hydrogen-bond acceptors (Lipinski definition) is 3. The average Bonchev–Trinajstić information content (AvgIpc) is 2.29. The molecule has 0 fully saturated rings. The minimum atomic E-state index is -0.712. The third-order valence-electron chi connectivity index (χ3n) is 2.60. The number of anilines is 1. The fourth-order valence-electron chi connectivity index (χ4n) is 1.15. The number of likely N-dealkylation sites (N-methyl/N-ethyl adjacent to an activating group) is 1. The van der Waals surface area contributed by atoms with Crippen molar-refractivity contribution in [2.24, 2.45) is 0 Å². The van der Waals surface area contributed by atoms with Gasteiger partial charge in [0.15, 0.2) is 11.6 Å². The Labute approximate surface area is 100 Å². The molecule has 4 nitrogen and oxygen atoms in total. The van der Waals surface area contributed by atoms with Gasteiger partial charge in [0.1, 0.15) is 0 Å². The summed E-state index contributed by atoms with van der Waals surface area (Å²) in [6.45, 7) is 3.48. The standard InChI is InChI=1S/C12H17FN2O2/c1-12(2,14-3)11(16)15-8-5-6-10(17-4)9(13)7-8/h5-7,14H,1-4H3,(H,15,16). The van der Waals surface area contributed by atoms with E-state index in [1.165, 1.54) is 19.2 Å². The molecule has 1 rings (SSSR count). The summed E-state index contributed by atoms with van der Waals surface area (Å²) in [4.78, 5) is 11.8. The summed E-state index contributed by atoms with van der Waals surface area (Å²) in [6.07, 6.45) is 0. The molecule has 1 aromatic rings. The van der Waals surface area contributed by atoms with Gasteiger partial charge in [-0.25, -0.2) is 4.39 Å². The van der Waals surface area contributed by atoms with Crippen LogP contribution in [0.1, 0.15) is 13.8 Å². The Hall–Kier alpha value is -1.62. The van der Waals surface area contributed by atoms with Crippen molar-refractivity contribution in [2.75, 3.05) is 19.5 Å². The zero-order chi connectivity index (χ0) is 13.1. The first-order valence-corrected chi connectivity index (χ1v) is 5.24. The highest BCUT2D eigenvalue weighted by molar-refractivity contribution is 5.97. The maximum atomic E-state index is 13.4. The smallest absolute Gasteiger partial charge is 0.244 e. The van der Waals surface area contributed by atoms with Crippen LogP contribution in [0.3, 0.4) is 0 Å². The van der Waals surface area contributed by atoms with Crippen LogP contribution in [0.15, 0.2) is 18.2 Å². The lowest BCUT2D eigenvalue weighted by atomic mass is 10.1. The molecule has 0 unspecified atom stereocenters. The van der Waals surface area contributed by atoms with Gasteiger partial charge in [-0.1, -0.05) is 0 Å².